The van der Waals surface area contributed by atoms with Crippen LogP contribution in [0.3, 0.4) is 0 Å². The number of methoxy groups -OCH3 is 1. The van der Waals surface area contributed by atoms with E-state index >= 15 is 0 Å². The summed E-state index contributed by atoms with van der Waals surface area (Å²) in [6, 6.07) is 14.5. The van der Waals surface area contributed by atoms with Gasteiger partial charge in [-0.25, -0.2) is 0 Å². The van der Waals surface area contributed by atoms with Gasteiger partial charge in [0.05, 0.1) is 13.5 Å². The minimum atomic E-state index is 0.236. The fourth-order valence-electron chi connectivity index (χ4n) is 4.32. The van der Waals surface area contributed by atoms with Gasteiger partial charge in [0.1, 0.15) is 5.75 Å². The fourth-order valence-corrected chi connectivity index (χ4v) is 4.32. The van der Waals surface area contributed by atoms with Crippen LogP contribution in [0.1, 0.15) is 23.1 Å². The summed E-state index contributed by atoms with van der Waals surface area (Å²) in [7, 11) is 3.85. The summed E-state index contributed by atoms with van der Waals surface area (Å²) < 4.78 is 5.33. The van der Waals surface area contributed by atoms with Crippen molar-refractivity contribution in [3.63, 3.8) is 0 Å². The van der Waals surface area contributed by atoms with Crippen molar-refractivity contribution in [2.75, 3.05) is 40.3 Å². The van der Waals surface area contributed by atoms with Crippen LogP contribution in [0, 0.1) is 0 Å². The molecule has 1 N–H and O–H groups in total. The van der Waals surface area contributed by atoms with Crippen LogP contribution in [-0.2, 0) is 24.1 Å². The van der Waals surface area contributed by atoms with E-state index in [4.69, 9.17) is 4.74 Å². The molecule has 0 radical (unpaired) electrons. The van der Waals surface area contributed by atoms with Crippen LogP contribution in [0.2, 0.25) is 0 Å². The first-order valence-corrected chi connectivity index (χ1v) is 10.8. The summed E-state index contributed by atoms with van der Waals surface area (Å²) in [4.78, 5) is 20.4. The highest BCUT2D eigenvalue weighted by Crippen LogP contribution is 2.22. The van der Waals surface area contributed by atoms with Crippen molar-refractivity contribution in [3.05, 3.63) is 65.4 Å². The Balaban J connectivity index is 1.24. The summed E-state index contributed by atoms with van der Waals surface area (Å²) in [6.45, 7) is 3.62. The number of rotatable bonds is 8. The van der Waals surface area contributed by atoms with Gasteiger partial charge in [-0.05, 0) is 67.7 Å². The third-order valence-electron chi connectivity index (χ3n) is 6.16. The second kappa shape index (κ2) is 9.35. The molecule has 5 heteroatoms. The van der Waals surface area contributed by atoms with E-state index in [1.54, 1.807) is 7.11 Å². The number of nitrogens with zero attached hydrogens (tertiary/aromatic N) is 2. The zero-order valence-corrected chi connectivity index (χ0v) is 18.0. The molecule has 30 heavy (non-hydrogen) atoms. The van der Waals surface area contributed by atoms with Crippen molar-refractivity contribution in [2.24, 2.45) is 0 Å². The van der Waals surface area contributed by atoms with Crippen LogP contribution >= 0.6 is 0 Å². The zero-order chi connectivity index (χ0) is 20.9. The Hall–Kier alpha value is -2.79. The molecule has 0 bridgehead atoms. The number of hydrogen-bond donors (Lipinski definition) is 1. The van der Waals surface area contributed by atoms with E-state index in [0.29, 0.717) is 6.42 Å². The summed E-state index contributed by atoms with van der Waals surface area (Å²) in [5, 5.41) is 1.32. The first kappa shape index (κ1) is 20.5. The molecule has 1 aliphatic heterocycles. The maximum atomic E-state index is 12.7. The molecule has 0 unspecified atom stereocenters. The van der Waals surface area contributed by atoms with Gasteiger partial charge < -0.3 is 19.5 Å². The molecule has 4 rings (SSSR count). The van der Waals surface area contributed by atoms with E-state index in [2.05, 4.69) is 53.5 Å². The number of likely N-dealkylation sites (N-methyl/N-ethyl adjacent to an activating group) is 1. The SMILES string of the molecule is COc1ccc2c(c1)CCN(CCCN(C)CCc1c[nH]c3ccccc13)C(=O)C2. The quantitative estimate of drug-likeness (QED) is 0.622. The highest BCUT2D eigenvalue weighted by molar-refractivity contribution is 5.83. The van der Waals surface area contributed by atoms with Gasteiger partial charge in [0.25, 0.3) is 0 Å². The van der Waals surface area contributed by atoms with Gasteiger partial charge in [0, 0.05) is 36.7 Å². The Labute approximate surface area is 178 Å². The number of aromatic amines is 1. The summed E-state index contributed by atoms with van der Waals surface area (Å²) in [6.07, 6.45) is 5.54. The van der Waals surface area contributed by atoms with Crippen molar-refractivity contribution in [1.82, 2.24) is 14.8 Å². The summed E-state index contributed by atoms with van der Waals surface area (Å²) >= 11 is 0. The van der Waals surface area contributed by atoms with Crippen LogP contribution in [-0.4, -0.2) is 61.0 Å². The van der Waals surface area contributed by atoms with E-state index < -0.39 is 0 Å². The van der Waals surface area contributed by atoms with Gasteiger partial charge >= 0.3 is 0 Å². The highest BCUT2D eigenvalue weighted by Gasteiger charge is 2.20. The van der Waals surface area contributed by atoms with Crippen LogP contribution in [0.25, 0.3) is 10.9 Å². The number of fused-ring (bicyclic) bond motifs is 2. The Morgan fingerprint density at radius 2 is 2.00 bits per heavy atom. The number of para-hydroxylation sites is 1. The van der Waals surface area contributed by atoms with E-state index in [-0.39, 0.29) is 5.91 Å². The van der Waals surface area contributed by atoms with E-state index in [0.717, 1.165) is 56.8 Å². The number of ether oxygens (including phenoxy) is 1. The minimum Gasteiger partial charge on any atom is -0.497 e. The highest BCUT2D eigenvalue weighted by atomic mass is 16.5. The standard InChI is InChI=1S/C25H31N3O2/c1-27(14-10-21-18-26-24-7-4-3-6-23(21)24)12-5-13-28-15-11-20-16-22(30-2)9-8-19(20)17-25(28)29/h3-4,6-9,16,18,26H,5,10-15,17H2,1-2H3. The van der Waals surface area contributed by atoms with E-state index in [1.807, 2.05) is 17.0 Å². The first-order chi connectivity index (χ1) is 14.6. The van der Waals surface area contributed by atoms with E-state index in [1.165, 1.54) is 22.0 Å². The Morgan fingerprint density at radius 1 is 1.13 bits per heavy atom. The number of aromatic nitrogens is 1. The lowest BCUT2D eigenvalue weighted by molar-refractivity contribution is -0.130. The minimum absolute atomic E-state index is 0.236. The molecular weight excluding hydrogens is 374 g/mol. The van der Waals surface area contributed by atoms with Gasteiger partial charge in [-0.15, -0.1) is 0 Å². The fraction of sp³-hybridized carbons (Fsp3) is 0.400. The third-order valence-corrected chi connectivity index (χ3v) is 6.16. The second-order valence-corrected chi connectivity index (χ2v) is 8.21. The van der Waals surface area contributed by atoms with Crippen molar-refractivity contribution in [1.29, 1.82) is 0 Å². The lowest BCUT2D eigenvalue weighted by Gasteiger charge is -2.22. The predicted octanol–water partition coefficient (Wildman–Crippen LogP) is 3.67. The number of carbonyl (C=O) groups is 1. The van der Waals surface area contributed by atoms with Gasteiger partial charge in [-0.1, -0.05) is 24.3 Å². The smallest absolute Gasteiger partial charge is 0.227 e. The molecule has 0 atom stereocenters. The molecule has 5 nitrogen and oxygen atoms in total. The normalized spacial score (nSPS) is 14.2. The number of benzene rings is 2. The monoisotopic (exact) mass is 405 g/mol. The zero-order valence-electron chi connectivity index (χ0n) is 18.0. The maximum Gasteiger partial charge on any atom is 0.227 e. The molecule has 158 valence electrons. The number of hydrogen-bond acceptors (Lipinski definition) is 3. The number of amides is 1. The van der Waals surface area contributed by atoms with Crippen molar-refractivity contribution < 1.29 is 9.53 Å². The van der Waals surface area contributed by atoms with Gasteiger partial charge in [0.2, 0.25) is 5.91 Å². The second-order valence-electron chi connectivity index (χ2n) is 8.21. The molecule has 0 saturated carbocycles. The molecule has 0 aliphatic carbocycles. The first-order valence-electron chi connectivity index (χ1n) is 10.8. The predicted molar refractivity (Wildman–Crippen MR) is 121 cm³/mol. The summed E-state index contributed by atoms with van der Waals surface area (Å²) in [5.41, 5.74) is 4.95. The lowest BCUT2D eigenvalue weighted by atomic mass is 10.0. The van der Waals surface area contributed by atoms with Crippen LogP contribution in [0.15, 0.2) is 48.7 Å². The molecule has 0 spiro atoms. The molecule has 1 aromatic heterocycles. The van der Waals surface area contributed by atoms with Crippen LogP contribution in [0.4, 0.5) is 0 Å². The van der Waals surface area contributed by atoms with Crippen molar-refractivity contribution >= 4 is 16.8 Å². The maximum absolute atomic E-state index is 12.7. The average molecular weight is 406 g/mol. The molecule has 0 fully saturated rings. The van der Waals surface area contributed by atoms with Crippen molar-refractivity contribution in [3.8, 4) is 5.75 Å². The van der Waals surface area contributed by atoms with Gasteiger partial charge in [-0.2, -0.15) is 0 Å². The Kier molecular flexibility index (Phi) is 6.38. The molecule has 1 amide bonds. The lowest BCUT2D eigenvalue weighted by Crippen LogP contribution is -2.35. The Morgan fingerprint density at radius 3 is 2.87 bits per heavy atom. The van der Waals surface area contributed by atoms with Gasteiger partial charge in [0.15, 0.2) is 0 Å². The van der Waals surface area contributed by atoms with Crippen molar-refractivity contribution in [2.45, 2.75) is 25.7 Å². The molecule has 2 heterocycles. The number of nitrogens with one attached hydrogen (secondary N) is 1. The molecule has 3 aromatic rings. The molecule has 0 saturated heterocycles. The Bertz CT molecular complexity index is 1010. The number of H-pyrrole nitrogens is 1. The molecular formula is C25H31N3O2. The average Bonchev–Trinajstić information content (AvgIpc) is 3.11. The van der Waals surface area contributed by atoms with E-state index in [9.17, 15) is 4.79 Å². The molecule has 2 aromatic carbocycles. The van der Waals surface area contributed by atoms with Crippen LogP contribution in [0.5, 0.6) is 5.75 Å². The van der Waals surface area contributed by atoms with Crippen LogP contribution < -0.4 is 4.74 Å². The van der Waals surface area contributed by atoms with Gasteiger partial charge in [-0.3, -0.25) is 4.79 Å². The topological polar surface area (TPSA) is 48.6 Å². The third kappa shape index (κ3) is 4.68. The summed E-state index contributed by atoms with van der Waals surface area (Å²) in [5.74, 6) is 1.10. The number of carbonyl (C=O) groups excluding carboxylic acids is 1. The molecule has 1 aliphatic rings. The largest absolute Gasteiger partial charge is 0.497 e.